The molecule has 1 heterocycles. The maximum Gasteiger partial charge on any atom is 0.339 e. The van der Waals surface area contributed by atoms with Gasteiger partial charge in [-0.2, -0.15) is 0 Å². The Morgan fingerprint density at radius 3 is 2.67 bits per heavy atom. The van der Waals surface area contributed by atoms with Gasteiger partial charge in [0.2, 0.25) is 0 Å². The minimum atomic E-state index is -1.20. The number of carboxylic acid groups (broad SMARTS) is 1. The predicted octanol–water partition coefficient (Wildman–Crippen LogP) is 1.99. The van der Waals surface area contributed by atoms with E-state index in [9.17, 15) is 9.90 Å². The summed E-state index contributed by atoms with van der Waals surface area (Å²) in [4.78, 5) is 10.9. The van der Waals surface area contributed by atoms with E-state index in [1.807, 2.05) is 6.92 Å². The van der Waals surface area contributed by atoms with Crippen molar-refractivity contribution in [3.8, 4) is 0 Å². The Kier molecular flexibility index (Phi) is 1.95. The third-order valence-corrected chi connectivity index (χ3v) is 3.51. The maximum absolute atomic E-state index is 10.9. The summed E-state index contributed by atoms with van der Waals surface area (Å²) in [6, 6.07) is 1.37. The molecule has 1 atom stereocenters. The van der Waals surface area contributed by atoms with E-state index in [0.29, 0.717) is 0 Å². The van der Waals surface area contributed by atoms with Gasteiger partial charge in [0, 0.05) is 5.41 Å². The molecule has 2 rings (SSSR count). The van der Waals surface area contributed by atoms with Crippen molar-refractivity contribution < 1.29 is 19.4 Å². The molecular formula is C11H14O4. The molecule has 1 aromatic rings. The zero-order chi connectivity index (χ0) is 11.3. The Balaban J connectivity index is 2.44. The lowest BCUT2D eigenvalue weighted by atomic mass is 9.84. The first-order chi connectivity index (χ1) is 6.88. The van der Waals surface area contributed by atoms with Crippen molar-refractivity contribution >= 4 is 5.97 Å². The minimum Gasteiger partial charge on any atom is -0.478 e. The molecule has 0 radical (unpaired) electrons. The topological polar surface area (TPSA) is 70.7 Å². The number of carbonyl (C=O) groups is 1. The summed E-state index contributed by atoms with van der Waals surface area (Å²) in [5.74, 6) is -0.904. The molecule has 1 saturated carbocycles. The monoisotopic (exact) mass is 210 g/mol. The van der Waals surface area contributed by atoms with E-state index in [1.165, 1.54) is 12.3 Å². The second-order valence-electron chi connectivity index (χ2n) is 4.60. The number of furan rings is 1. The van der Waals surface area contributed by atoms with Gasteiger partial charge in [-0.1, -0.05) is 6.92 Å². The lowest BCUT2D eigenvalue weighted by Gasteiger charge is -2.28. The van der Waals surface area contributed by atoms with E-state index < -0.39 is 11.6 Å². The van der Waals surface area contributed by atoms with Gasteiger partial charge in [0.15, 0.2) is 0 Å². The van der Waals surface area contributed by atoms with Gasteiger partial charge >= 0.3 is 5.97 Å². The van der Waals surface area contributed by atoms with Crippen LogP contribution in [0.1, 0.15) is 42.8 Å². The van der Waals surface area contributed by atoms with Gasteiger partial charge in [-0.15, -0.1) is 0 Å². The lowest BCUT2D eigenvalue weighted by Crippen LogP contribution is -2.32. The molecule has 0 saturated heterocycles. The molecule has 0 bridgehead atoms. The van der Waals surface area contributed by atoms with Gasteiger partial charge in [0.1, 0.15) is 16.9 Å². The number of carboxylic acids is 1. The largest absolute Gasteiger partial charge is 0.478 e. The first kappa shape index (κ1) is 10.2. The Morgan fingerprint density at radius 2 is 2.20 bits per heavy atom. The fourth-order valence-corrected chi connectivity index (χ4v) is 1.80. The standard InChI is InChI=1S/C11H14O4/c1-10(4-5-10)11(2,14)8-7(9(12)13)3-6-15-8/h3,6,14H,4-5H2,1-2H3,(H,12,13). The van der Waals surface area contributed by atoms with Crippen molar-refractivity contribution in [3.05, 3.63) is 23.7 Å². The summed E-state index contributed by atoms with van der Waals surface area (Å²) in [6.07, 6.45) is 3.08. The molecule has 1 aromatic heterocycles. The Bertz CT molecular complexity index is 398. The zero-order valence-electron chi connectivity index (χ0n) is 8.78. The van der Waals surface area contributed by atoms with E-state index in [4.69, 9.17) is 9.52 Å². The Morgan fingerprint density at radius 1 is 1.60 bits per heavy atom. The van der Waals surface area contributed by atoms with Crippen LogP contribution in [0.4, 0.5) is 0 Å². The van der Waals surface area contributed by atoms with Crippen LogP contribution < -0.4 is 0 Å². The van der Waals surface area contributed by atoms with Gasteiger partial charge in [0.25, 0.3) is 0 Å². The molecule has 0 aromatic carbocycles. The van der Waals surface area contributed by atoms with Crippen LogP contribution in [0.3, 0.4) is 0 Å². The van der Waals surface area contributed by atoms with Gasteiger partial charge in [-0.05, 0) is 25.8 Å². The molecule has 4 nitrogen and oxygen atoms in total. The van der Waals surface area contributed by atoms with Crippen LogP contribution in [0.15, 0.2) is 16.7 Å². The molecule has 0 aliphatic heterocycles. The number of hydrogen-bond acceptors (Lipinski definition) is 3. The van der Waals surface area contributed by atoms with Crippen molar-refractivity contribution in [1.29, 1.82) is 0 Å². The maximum atomic E-state index is 10.9. The fraction of sp³-hybridized carbons (Fsp3) is 0.545. The molecule has 4 heteroatoms. The Hall–Kier alpha value is -1.29. The van der Waals surface area contributed by atoms with Crippen molar-refractivity contribution in [1.82, 2.24) is 0 Å². The van der Waals surface area contributed by atoms with E-state index in [2.05, 4.69) is 0 Å². The molecule has 0 amide bonds. The van der Waals surface area contributed by atoms with Crippen molar-refractivity contribution in [2.75, 3.05) is 0 Å². The molecule has 1 fully saturated rings. The summed E-state index contributed by atoms with van der Waals surface area (Å²) in [7, 11) is 0. The van der Waals surface area contributed by atoms with Crippen LogP contribution in [0.5, 0.6) is 0 Å². The number of aromatic carboxylic acids is 1. The average molecular weight is 210 g/mol. The average Bonchev–Trinajstić information content (AvgIpc) is 2.73. The highest BCUT2D eigenvalue weighted by molar-refractivity contribution is 5.89. The fourth-order valence-electron chi connectivity index (χ4n) is 1.80. The van der Waals surface area contributed by atoms with E-state index >= 15 is 0 Å². The van der Waals surface area contributed by atoms with Crippen molar-refractivity contribution in [3.63, 3.8) is 0 Å². The molecule has 0 spiro atoms. The van der Waals surface area contributed by atoms with Gasteiger partial charge in [-0.3, -0.25) is 0 Å². The number of hydrogen-bond donors (Lipinski definition) is 2. The van der Waals surface area contributed by atoms with Crippen LogP contribution in [0.2, 0.25) is 0 Å². The third-order valence-electron chi connectivity index (χ3n) is 3.51. The SMILES string of the molecule is CC1(C(C)(O)c2occc2C(=O)O)CC1. The normalized spacial score (nSPS) is 22.1. The van der Waals surface area contributed by atoms with E-state index in [1.54, 1.807) is 6.92 Å². The number of rotatable bonds is 3. The first-order valence-corrected chi connectivity index (χ1v) is 4.92. The van der Waals surface area contributed by atoms with E-state index in [-0.39, 0.29) is 16.7 Å². The molecule has 1 unspecified atom stereocenters. The highest BCUT2D eigenvalue weighted by atomic mass is 16.4. The van der Waals surface area contributed by atoms with Crippen molar-refractivity contribution in [2.24, 2.45) is 5.41 Å². The second-order valence-corrected chi connectivity index (χ2v) is 4.60. The highest BCUT2D eigenvalue weighted by Crippen LogP contribution is 2.58. The summed E-state index contributed by atoms with van der Waals surface area (Å²) in [6.45, 7) is 3.55. The molecular weight excluding hydrogens is 196 g/mol. The second kappa shape index (κ2) is 2.85. The van der Waals surface area contributed by atoms with Crippen LogP contribution in [-0.4, -0.2) is 16.2 Å². The third kappa shape index (κ3) is 1.36. The highest BCUT2D eigenvalue weighted by Gasteiger charge is 2.55. The van der Waals surface area contributed by atoms with Crippen LogP contribution in [-0.2, 0) is 5.60 Å². The Labute approximate surface area is 87.5 Å². The molecule has 1 aliphatic carbocycles. The lowest BCUT2D eigenvalue weighted by molar-refractivity contribution is -0.0327. The van der Waals surface area contributed by atoms with Crippen LogP contribution >= 0.6 is 0 Å². The summed E-state index contributed by atoms with van der Waals surface area (Å²) in [5.41, 5.74) is -1.41. The van der Waals surface area contributed by atoms with Gasteiger partial charge in [0.05, 0.1) is 6.26 Å². The quantitative estimate of drug-likeness (QED) is 0.800. The van der Waals surface area contributed by atoms with Crippen LogP contribution in [0.25, 0.3) is 0 Å². The molecule has 15 heavy (non-hydrogen) atoms. The van der Waals surface area contributed by atoms with Crippen LogP contribution in [0, 0.1) is 5.41 Å². The predicted molar refractivity (Wildman–Crippen MR) is 52.6 cm³/mol. The summed E-state index contributed by atoms with van der Waals surface area (Å²) in [5, 5.41) is 19.3. The first-order valence-electron chi connectivity index (χ1n) is 4.92. The van der Waals surface area contributed by atoms with E-state index in [0.717, 1.165) is 12.8 Å². The van der Waals surface area contributed by atoms with Gasteiger partial charge < -0.3 is 14.6 Å². The molecule has 1 aliphatic rings. The smallest absolute Gasteiger partial charge is 0.339 e. The molecule has 82 valence electrons. The minimum absolute atomic E-state index is 0.0492. The zero-order valence-corrected chi connectivity index (χ0v) is 8.78. The van der Waals surface area contributed by atoms with Gasteiger partial charge in [-0.25, -0.2) is 4.79 Å². The summed E-state index contributed by atoms with van der Waals surface area (Å²) < 4.78 is 5.13. The molecule has 2 N–H and O–H groups in total. The van der Waals surface area contributed by atoms with Crippen molar-refractivity contribution in [2.45, 2.75) is 32.3 Å². The summed E-state index contributed by atoms with van der Waals surface area (Å²) >= 11 is 0. The number of aliphatic hydroxyl groups is 1.